The Morgan fingerprint density at radius 3 is 2.71 bits per heavy atom. The largest absolute Gasteiger partial charge is 0.466 e. The second-order valence-corrected chi connectivity index (χ2v) is 7.82. The van der Waals surface area contributed by atoms with Crippen LogP contribution < -0.4 is 10.5 Å². The van der Waals surface area contributed by atoms with Crippen LogP contribution in [0.25, 0.3) is 10.9 Å². The lowest BCUT2D eigenvalue weighted by Gasteiger charge is -2.40. The van der Waals surface area contributed by atoms with Crippen molar-refractivity contribution in [3.8, 4) is 18.1 Å². The maximum atomic E-state index is 12.5. The third kappa shape index (κ3) is 4.07. The van der Waals surface area contributed by atoms with Crippen LogP contribution in [0.5, 0.6) is 5.75 Å². The summed E-state index contributed by atoms with van der Waals surface area (Å²) < 4.78 is 6.23. The van der Waals surface area contributed by atoms with Crippen LogP contribution in [0.1, 0.15) is 31.9 Å². The number of thioether (sulfide) groups is 1. The van der Waals surface area contributed by atoms with E-state index in [-0.39, 0.29) is 0 Å². The number of aromatic nitrogens is 1. The van der Waals surface area contributed by atoms with Gasteiger partial charge in [0.25, 0.3) is 5.91 Å². The molecule has 28 heavy (non-hydrogen) atoms. The standard InChI is InChI=1S/C21H25N3O3S/c1-7-15-10-16-11-17(9-14(3)18(16)23-12-15)27-21(28-6,19(22)25)20(4,5)13-24-26-8-2/h1,9-13H,8H2,2-6H3,(H2,22,25). The van der Waals surface area contributed by atoms with Crippen molar-refractivity contribution in [2.75, 3.05) is 12.9 Å². The third-order valence-electron chi connectivity index (χ3n) is 4.41. The van der Waals surface area contributed by atoms with Crippen LogP contribution in [0.4, 0.5) is 0 Å². The van der Waals surface area contributed by atoms with Crippen LogP contribution in [0.15, 0.2) is 29.6 Å². The molecule has 0 aliphatic rings. The van der Waals surface area contributed by atoms with Crippen molar-refractivity contribution >= 4 is 34.8 Å². The number of amides is 1. The molecule has 1 amide bonds. The molecule has 2 rings (SSSR count). The maximum absolute atomic E-state index is 12.5. The summed E-state index contributed by atoms with van der Waals surface area (Å²) in [6.07, 6.45) is 10.5. The molecule has 0 saturated carbocycles. The Balaban J connectivity index is 2.56. The SMILES string of the molecule is C#Cc1cnc2c(C)cc(OC(SC)(C(N)=O)C(C)(C)C=NOCC)cc2c1. The van der Waals surface area contributed by atoms with Gasteiger partial charge in [-0.3, -0.25) is 9.78 Å². The number of fused-ring (bicyclic) bond motifs is 1. The fraction of sp³-hybridized carbons (Fsp3) is 0.381. The summed E-state index contributed by atoms with van der Waals surface area (Å²) in [5.41, 5.74) is 7.32. The topological polar surface area (TPSA) is 86.8 Å². The highest BCUT2D eigenvalue weighted by atomic mass is 32.2. The first-order valence-corrected chi connectivity index (χ1v) is 10.0. The van der Waals surface area contributed by atoms with Gasteiger partial charge in [-0.1, -0.05) is 11.1 Å². The average Bonchev–Trinajstić information content (AvgIpc) is 2.65. The van der Waals surface area contributed by atoms with E-state index in [4.69, 9.17) is 21.7 Å². The fourth-order valence-electron chi connectivity index (χ4n) is 2.94. The van der Waals surface area contributed by atoms with Crippen molar-refractivity contribution in [1.82, 2.24) is 4.98 Å². The third-order valence-corrected chi connectivity index (χ3v) is 5.80. The van der Waals surface area contributed by atoms with Crippen molar-refractivity contribution in [2.45, 2.75) is 32.6 Å². The molecule has 0 saturated heterocycles. The molecular formula is C21H25N3O3S. The van der Waals surface area contributed by atoms with Crippen molar-refractivity contribution in [3.05, 3.63) is 35.5 Å². The Morgan fingerprint density at radius 2 is 2.14 bits per heavy atom. The first-order chi connectivity index (χ1) is 13.2. The molecule has 1 atom stereocenters. The van der Waals surface area contributed by atoms with Gasteiger partial charge in [-0.05, 0) is 57.7 Å². The zero-order valence-electron chi connectivity index (χ0n) is 16.8. The Morgan fingerprint density at radius 1 is 1.43 bits per heavy atom. The van der Waals surface area contributed by atoms with Crippen molar-refractivity contribution in [2.24, 2.45) is 16.3 Å². The van der Waals surface area contributed by atoms with E-state index in [9.17, 15) is 4.79 Å². The van der Waals surface area contributed by atoms with Gasteiger partial charge >= 0.3 is 0 Å². The van der Waals surface area contributed by atoms with E-state index in [1.807, 2.05) is 39.8 Å². The highest BCUT2D eigenvalue weighted by Gasteiger charge is 2.52. The smallest absolute Gasteiger partial charge is 0.273 e. The number of hydrogen-bond acceptors (Lipinski definition) is 6. The number of benzene rings is 1. The van der Waals surface area contributed by atoms with Gasteiger partial charge in [0.1, 0.15) is 12.4 Å². The van der Waals surface area contributed by atoms with Gasteiger partial charge < -0.3 is 15.3 Å². The lowest BCUT2D eigenvalue weighted by atomic mass is 9.86. The highest BCUT2D eigenvalue weighted by Crippen LogP contribution is 2.42. The molecule has 0 aliphatic carbocycles. The number of primary amides is 1. The van der Waals surface area contributed by atoms with E-state index < -0.39 is 16.3 Å². The molecule has 0 bridgehead atoms. The first-order valence-electron chi connectivity index (χ1n) is 8.78. The number of carbonyl (C=O) groups is 1. The Hall–Kier alpha value is -2.72. The number of carbonyl (C=O) groups excluding carboxylic acids is 1. The summed E-state index contributed by atoms with van der Waals surface area (Å²) in [4.78, 5) is 20.6. The second-order valence-electron chi connectivity index (χ2n) is 6.84. The average molecular weight is 400 g/mol. The number of ether oxygens (including phenoxy) is 1. The number of nitrogens with two attached hydrogens (primary N) is 1. The van der Waals surface area contributed by atoms with E-state index in [1.54, 1.807) is 24.7 Å². The van der Waals surface area contributed by atoms with Gasteiger partial charge in [-0.2, -0.15) is 0 Å². The van der Waals surface area contributed by atoms with Gasteiger partial charge in [-0.15, -0.1) is 18.2 Å². The number of nitrogens with zero attached hydrogens (tertiary/aromatic N) is 2. The fourth-order valence-corrected chi connectivity index (χ4v) is 3.89. The number of terminal acetylenes is 1. The molecule has 0 radical (unpaired) electrons. The van der Waals surface area contributed by atoms with Gasteiger partial charge in [0.05, 0.1) is 17.1 Å². The molecule has 2 aromatic rings. The van der Waals surface area contributed by atoms with Crippen LogP contribution in [-0.2, 0) is 9.63 Å². The minimum atomic E-state index is -1.40. The Labute approximate surface area is 169 Å². The number of hydrogen-bond donors (Lipinski definition) is 1. The number of pyridine rings is 1. The summed E-state index contributed by atoms with van der Waals surface area (Å²) in [7, 11) is 0. The molecule has 0 spiro atoms. The monoisotopic (exact) mass is 399 g/mol. The lowest BCUT2D eigenvalue weighted by molar-refractivity contribution is -0.130. The molecule has 6 nitrogen and oxygen atoms in total. The second kappa shape index (κ2) is 8.53. The van der Waals surface area contributed by atoms with Gasteiger partial charge in [0.15, 0.2) is 0 Å². The maximum Gasteiger partial charge on any atom is 0.273 e. The predicted molar refractivity (Wildman–Crippen MR) is 114 cm³/mol. The Kier molecular flexibility index (Phi) is 6.57. The van der Waals surface area contributed by atoms with E-state index in [2.05, 4.69) is 16.1 Å². The molecule has 1 aromatic carbocycles. The predicted octanol–water partition coefficient (Wildman–Crippen LogP) is 3.50. The minimum Gasteiger partial charge on any atom is -0.466 e. The zero-order valence-corrected chi connectivity index (χ0v) is 17.6. The van der Waals surface area contributed by atoms with Crippen LogP contribution >= 0.6 is 11.8 Å². The summed E-state index contributed by atoms with van der Waals surface area (Å²) in [5, 5.41) is 4.76. The Bertz CT molecular complexity index is 950. The van der Waals surface area contributed by atoms with E-state index in [1.165, 1.54) is 11.8 Å². The molecule has 0 aliphatic heterocycles. The summed E-state index contributed by atoms with van der Waals surface area (Å²) in [6, 6.07) is 5.49. The van der Waals surface area contributed by atoms with Crippen LogP contribution in [-0.4, -0.2) is 34.9 Å². The summed E-state index contributed by atoms with van der Waals surface area (Å²) in [6.45, 7) is 7.81. The highest BCUT2D eigenvalue weighted by molar-refractivity contribution is 8.00. The van der Waals surface area contributed by atoms with Crippen LogP contribution in [0, 0.1) is 24.7 Å². The summed E-state index contributed by atoms with van der Waals surface area (Å²) in [5.74, 6) is 2.46. The first kappa shape index (κ1) is 21.6. The molecule has 1 aromatic heterocycles. The lowest BCUT2D eigenvalue weighted by Crippen LogP contribution is -2.57. The summed E-state index contributed by atoms with van der Waals surface area (Å²) >= 11 is 1.21. The minimum absolute atomic E-state index is 0.421. The molecular weight excluding hydrogens is 374 g/mol. The normalized spacial score (nSPS) is 13.9. The van der Waals surface area contributed by atoms with E-state index >= 15 is 0 Å². The molecule has 1 unspecified atom stereocenters. The van der Waals surface area contributed by atoms with Gasteiger partial charge in [0, 0.05) is 17.1 Å². The number of aryl methyl sites for hydroxylation is 1. The molecule has 148 valence electrons. The number of rotatable bonds is 8. The van der Waals surface area contributed by atoms with E-state index in [0.29, 0.717) is 17.9 Å². The molecule has 7 heteroatoms. The van der Waals surface area contributed by atoms with Gasteiger partial charge in [-0.25, -0.2) is 0 Å². The number of oxime groups is 1. The van der Waals surface area contributed by atoms with Crippen molar-refractivity contribution < 1.29 is 14.4 Å². The molecule has 1 heterocycles. The van der Waals surface area contributed by atoms with Crippen LogP contribution in [0.3, 0.4) is 0 Å². The van der Waals surface area contributed by atoms with Crippen molar-refractivity contribution in [1.29, 1.82) is 0 Å². The quantitative estimate of drug-likeness (QED) is 0.318. The molecule has 0 fully saturated rings. The van der Waals surface area contributed by atoms with Gasteiger partial charge in [0.2, 0.25) is 4.93 Å². The molecule has 2 N–H and O–H groups in total. The van der Waals surface area contributed by atoms with Crippen LogP contribution in [0.2, 0.25) is 0 Å². The zero-order chi connectivity index (χ0) is 20.9. The van der Waals surface area contributed by atoms with Crippen molar-refractivity contribution in [3.63, 3.8) is 0 Å². The van der Waals surface area contributed by atoms with E-state index in [0.717, 1.165) is 16.5 Å².